The number of hydrogen-bond acceptors (Lipinski definition) is 2. The maximum Gasteiger partial charge on any atom is 0.253 e. The smallest absolute Gasteiger partial charge is 0.253 e. The predicted octanol–water partition coefficient (Wildman–Crippen LogP) is 4.40. The maximum atomic E-state index is 12.5. The first-order chi connectivity index (χ1) is 13.0. The van der Waals surface area contributed by atoms with Crippen molar-refractivity contribution in [3.63, 3.8) is 0 Å². The molecule has 5 heteroatoms. The fourth-order valence-corrected chi connectivity index (χ4v) is 3.58. The summed E-state index contributed by atoms with van der Waals surface area (Å²) in [4.78, 5) is 14.4. The van der Waals surface area contributed by atoms with Gasteiger partial charge < -0.3 is 15.5 Å². The Morgan fingerprint density at radius 1 is 1.04 bits per heavy atom. The highest BCUT2D eigenvalue weighted by atomic mass is 32.1. The van der Waals surface area contributed by atoms with Crippen molar-refractivity contribution in [2.75, 3.05) is 18.4 Å². The number of benzene rings is 2. The van der Waals surface area contributed by atoms with Crippen molar-refractivity contribution < 1.29 is 4.79 Å². The van der Waals surface area contributed by atoms with Crippen LogP contribution < -0.4 is 10.6 Å². The molecule has 0 spiro atoms. The summed E-state index contributed by atoms with van der Waals surface area (Å²) in [5.41, 5.74) is 3.06. The molecular weight excluding hydrogens is 354 g/mol. The van der Waals surface area contributed by atoms with Gasteiger partial charge in [-0.3, -0.25) is 4.79 Å². The van der Waals surface area contributed by atoms with Crippen LogP contribution in [0.4, 0.5) is 5.69 Å². The highest BCUT2D eigenvalue weighted by Gasteiger charge is 2.23. The van der Waals surface area contributed by atoms with Crippen molar-refractivity contribution in [1.29, 1.82) is 0 Å². The zero-order valence-corrected chi connectivity index (χ0v) is 16.8. The van der Waals surface area contributed by atoms with Gasteiger partial charge in [0.15, 0.2) is 5.11 Å². The van der Waals surface area contributed by atoms with Gasteiger partial charge in [-0.05, 0) is 60.8 Å². The van der Waals surface area contributed by atoms with E-state index >= 15 is 0 Å². The second-order valence-electron chi connectivity index (χ2n) is 7.31. The average Bonchev–Trinajstić information content (AvgIpc) is 2.69. The maximum absolute atomic E-state index is 12.5. The Bertz CT molecular complexity index is 766. The van der Waals surface area contributed by atoms with Crippen LogP contribution >= 0.6 is 12.2 Å². The number of carbonyl (C=O) groups excluding carboxylic acids is 1. The summed E-state index contributed by atoms with van der Waals surface area (Å²) in [6.07, 6.45) is 1.79. The normalized spacial score (nSPS) is 14.9. The van der Waals surface area contributed by atoms with Crippen LogP contribution in [0.5, 0.6) is 0 Å². The van der Waals surface area contributed by atoms with Crippen molar-refractivity contribution >= 4 is 28.9 Å². The van der Waals surface area contributed by atoms with Gasteiger partial charge >= 0.3 is 0 Å². The first-order valence-electron chi connectivity index (χ1n) is 9.54. The van der Waals surface area contributed by atoms with Crippen molar-refractivity contribution in [1.82, 2.24) is 10.2 Å². The summed E-state index contributed by atoms with van der Waals surface area (Å²) < 4.78 is 0. The summed E-state index contributed by atoms with van der Waals surface area (Å²) in [5.74, 6) is 0.632. The monoisotopic (exact) mass is 381 g/mol. The number of hydrogen-bond donors (Lipinski definition) is 2. The minimum atomic E-state index is 0.111. The van der Waals surface area contributed by atoms with Gasteiger partial charge in [0.05, 0.1) is 0 Å². The van der Waals surface area contributed by atoms with Crippen molar-refractivity contribution in [3.8, 4) is 0 Å². The number of nitrogens with zero attached hydrogens (tertiary/aromatic N) is 1. The van der Waals surface area contributed by atoms with Gasteiger partial charge in [-0.2, -0.15) is 0 Å². The van der Waals surface area contributed by atoms with Gasteiger partial charge in [-0.1, -0.05) is 44.2 Å². The lowest BCUT2D eigenvalue weighted by molar-refractivity contribution is 0.0710. The molecule has 142 valence electrons. The van der Waals surface area contributed by atoms with E-state index in [9.17, 15) is 4.79 Å². The van der Waals surface area contributed by atoms with E-state index in [1.54, 1.807) is 0 Å². The number of rotatable bonds is 4. The van der Waals surface area contributed by atoms with E-state index in [0.717, 1.165) is 37.2 Å². The zero-order valence-electron chi connectivity index (χ0n) is 15.9. The molecule has 1 heterocycles. The van der Waals surface area contributed by atoms with Crippen LogP contribution in [0.15, 0.2) is 54.6 Å². The lowest BCUT2D eigenvalue weighted by Crippen LogP contribution is -2.47. The van der Waals surface area contributed by atoms with E-state index in [0.29, 0.717) is 17.1 Å². The number of anilines is 1. The highest BCUT2D eigenvalue weighted by Crippen LogP contribution is 2.18. The van der Waals surface area contributed by atoms with E-state index < -0.39 is 0 Å². The quantitative estimate of drug-likeness (QED) is 0.771. The Hall–Kier alpha value is -2.40. The summed E-state index contributed by atoms with van der Waals surface area (Å²) in [7, 11) is 0. The molecule has 0 bridgehead atoms. The molecule has 27 heavy (non-hydrogen) atoms. The van der Waals surface area contributed by atoms with Gasteiger partial charge in [0.2, 0.25) is 0 Å². The SMILES string of the molecule is CC(C)c1ccc(NC(=S)NC2CCN(C(=O)c3ccccc3)CC2)cc1. The number of piperidine rings is 1. The number of nitrogens with one attached hydrogen (secondary N) is 2. The van der Waals surface area contributed by atoms with Crippen LogP contribution in [-0.4, -0.2) is 35.1 Å². The molecular formula is C22H27N3OS. The molecule has 0 atom stereocenters. The Labute approximate surface area is 167 Å². The van der Waals surface area contributed by atoms with E-state index in [1.165, 1.54) is 5.56 Å². The van der Waals surface area contributed by atoms with Crippen LogP contribution in [0.3, 0.4) is 0 Å². The number of likely N-dealkylation sites (tertiary alicyclic amines) is 1. The van der Waals surface area contributed by atoms with E-state index in [2.05, 4.69) is 48.7 Å². The van der Waals surface area contributed by atoms with Crippen LogP contribution in [0.2, 0.25) is 0 Å². The summed E-state index contributed by atoms with van der Waals surface area (Å²) in [6, 6.07) is 18.1. The zero-order chi connectivity index (χ0) is 19.2. The highest BCUT2D eigenvalue weighted by molar-refractivity contribution is 7.80. The standard InChI is InChI=1S/C22H27N3OS/c1-16(2)17-8-10-19(11-9-17)23-22(27)24-20-12-14-25(15-13-20)21(26)18-6-4-3-5-7-18/h3-11,16,20H,12-15H2,1-2H3,(H2,23,24,27). The molecule has 1 aliphatic rings. The number of carbonyl (C=O) groups is 1. The topological polar surface area (TPSA) is 44.4 Å². The van der Waals surface area contributed by atoms with Crippen LogP contribution in [0.25, 0.3) is 0 Å². The van der Waals surface area contributed by atoms with E-state index in [-0.39, 0.29) is 5.91 Å². The second kappa shape index (κ2) is 9.00. The molecule has 0 radical (unpaired) electrons. The second-order valence-corrected chi connectivity index (χ2v) is 7.72. The summed E-state index contributed by atoms with van der Waals surface area (Å²) in [5, 5.41) is 7.28. The average molecular weight is 382 g/mol. The van der Waals surface area contributed by atoms with E-state index in [1.807, 2.05) is 35.2 Å². The van der Waals surface area contributed by atoms with Crippen LogP contribution in [0, 0.1) is 0 Å². The summed E-state index contributed by atoms with van der Waals surface area (Å²) >= 11 is 5.46. The molecule has 0 saturated carbocycles. The molecule has 4 nitrogen and oxygen atoms in total. The van der Waals surface area contributed by atoms with Gasteiger partial charge in [-0.15, -0.1) is 0 Å². The third-order valence-electron chi connectivity index (χ3n) is 4.97. The predicted molar refractivity (Wildman–Crippen MR) is 115 cm³/mol. The first kappa shape index (κ1) is 19.4. The lowest BCUT2D eigenvalue weighted by Gasteiger charge is -2.33. The van der Waals surface area contributed by atoms with Crippen molar-refractivity contribution in [3.05, 3.63) is 65.7 Å². The van der Waals surface area contributed by atoms with Crippen LogP contribution in [0.1, 0.15) is 48.5 Å². The number of amides is 1. The van der Waals surface area contributed by atoms with Crippen molar-refractivity contribution in [2.24, 2.45) is 0 Å². The Morgan fingerprint density at radius 3 is 2.26 bits per heavy atom. The lowest BCUT2D eigenvalue weighted by atomic mass is 10.0. The molecule has 2 aromatic carbocycles. The third-order valence-corrected chi connectivity index (χ3v) is 5.19. The van der Waals surface area contributed by atoms with Gasteiger partial charge in [-0.25, -0.2) is 0 Å². The Balaban J connectivity index is 1.46. The first-order valence-corrected chi connectivity index (χ1v) is 9.95. The molecule has 2 N–H and O–H groups in total. The van der Waals surface area contributed by atoms with Crippen LogP contribution in [-0.2, 0) is 0 Å². The molecule has 1 amide bonds. The van der Waals surface area contributed by atoms with Gasteiger partial charge in [0.25, 0.3) is 5.91 Å². The molecule has 0 aliphatic carbocycles. The van der Waals surface area contributed by atoms with E-state index in [4.69, 9.17) is 12.2 Å². The third kappa shape index (κ3) is 5.30. The molecule has 3 rings (SSSR count). The van der Waals surface area contributed by atoms with Gasteiger partial charge in [0, 0.05) is 30.4 Å². The fraction of sp³-hybridized carbons (Fsp3) is 0.364. The Morgan fingerprint density at radius 2 is 1.67 bits per heavy atom. The minimum absolute atomic E-state index is 0.111. The molecule has 0 unspecified atom stereocenters. The molecule has 0 aromatic heterocycles. The fourth-order valence-electron chi connectivity index (χ4n) is 3.29. The molecule has 1 fully saturated rings. The largest absolute Gasteiger partial charge is 0.360 e. The van der Waals surface area contributed by atoms with Crippen molar-refractivity contribution in [2.45, 2.75) is 38.6 Å². The molecule has 1 aliphatic heterocycles. The molecule has 2 aromatic rings. The number of thiocarbonyl (C=S) groups is 1. The minimum Gasteiger partial charge on any atom is -0.360 e. The molecule has 1 saturated heterocycles. The Kier molecular flexibility index (Phi) is 6.45. The summed E-state index contributed by atoms with van der Waals surface area (Å²) in [6.45, 7) is 5.86. The van der Waals surface area contributed by atoms with Gasteiger partial charge in [0.1, 0.15) is 0 Å².